The quantitative estimate of drug-likeness (QED) is 0.147. The summed E-state index contributed by atoms with van der Waals surface area (Å²) in [6.07, 6.45) is 1.55. The summed E-state index contributed by atoms with van der Waals surface area (Å²) in [6.45, 7) is 2.12. The first-order chi connectivity index (χ1) is 15.7. The number of nitro groups is 1. The van der Waals surface area contributed by atoms with Gasteiger partial charge in [-0.25, -0.2) is 0 Å². The second kappa shape index (κ2) is 10.1. The standard InChI is InChI=1S/C24H24N2O7/c1-15-6-8-16(9-7-15)21-20(22(29)17-10-12-18(13-11-17)26(32)33)23(30)24(31)25(21)14-4-2-3-5-19(27)28/h6-13,21,29H,2-5,14H2,1H3,(H,27,28)/b22-20+. The number of nitro benzene ring substituents is 1. The van der Waals surface area contributed by atoms with Crippen molar-refractivity contribution in [1.29, 1.82) is 0 Å². The van der Waals surface area contributed by atoms with Gasteiger partial charge in [0.15, 0.2) is 0 Å². The zero-order chi connectivity index (χ0) is 24.1. The fourth-order valence-electron chi connectivity index (χ4n) is 3.84. The molecule has 0 saturated carbocycles. The van der Waals surface area contributed by atoms with Gasteiger partial charge in [-0.15, -0.1) is 0 Å². The number of hydrogen-bond donors (Lipinski definition) is 2. The van der Waals surface area contributed by atoms with E-state index in [9.17, 15) is 29.6 Å². The highest BCUT2D eigenvalue weighted by atomic mass is 16.6. The van der Waals surface area contributed by atoms with Gasteiger partial charge in [-0.3, -0.25) is 24.5 Å². The van der Waals surface area contributed by atoms with Crippen molar-refractivity contribution in [3.63, 3.8) is 0 Å². The first-order valence-electron chi connectivity index (χ1n) is 10.5. The summed E-state index contributed by atoms with van der Waals surface area (Å²) in [6, 6.07) is 11.5. The van der Waals surface area contributed by atoms with E-state index in [2.05, 4.69) is 0 Å². The molecule has 9 nitrogen and oxygen atoms in total. The lowest BCUT2D eigenvalue weighted by atomic mass is 9.94. The van der Waals surface area contributed by atoms with Gasteiger partial charge >= 0.3 is 5.97 Å². The van der Waals surface area contributed by atoms with Gasteiger partial charge in [0.2, 0.25) is 0 Å². The number of nitrogens with zero attached hydrogens (tertiary/aromatic N) is 2. The van der Waals surface area contributed by atoms with E-state index in [1.807, 2.05) is 19.1 Å². The maximum atomic E-state index is 12.9. The lowest BCUT2D eigenvalue weighted by Gasteiger charge is -2.25. The molecular weight excluding hydrogens is 428 g/mol. The van der Waals surface area contributed by atoms with Gasteiger partial charge in [-0.05, 0) is 37.5 Å². The number of unbranched alkanes of at least 4 members (excludes halogenated alkanes) is 2. The maximum absolute atomic E-state index is 12.9. The molecule has 1 heterocycles. The van der Waals surface area contributed by atoms with Crippen LogP contribution in [0.5, 0.6) is 0 Å². The molecule has 1 saturated heterocycles. The summed E-state index contributed by atoms with van der Waals surface area (Å²) in [5, 5.41) is 30.7. The van der Waals surface area contributed by atoms with Gasteiger partial charge in [0.05, 0.1) is 16.5 Å². The van der Waals surface area contributed by atoms with Crippen LogP contribution in [0.4, 0.5) is 5.69 Å². The summed E-state index contributed by atoms with van der Waals surface area (Å²) < 4.78 is 0. The smallest absolute Gasteiger partial charge is 0.303 e. The Hall–Kier alpha value is -4.01. The Kier molecular flexibility index (Phi) is 7.22. The highest BCUT2D eigenvalue weighted by molar-refractivity contribution is 6.46. The first kappa shape index (κ1) is 23.6. The van der Waals surface area contributed by atoms with Crippen LogP contribution in [-0.4, -0.2) is 44.2 Å². The van der Waals surface area contributed by atoms with Crippen LogP contribution < -0.4 is 0 Å². The highest BCUT2D eigenvalue weighted by Gasteiger charge is 2.45. The molecule has 0 aromatic heterocycles. The van der Waals surface area contributed by atoms with Gasteiger partial charge in [0, 0.05) is 30.7 Å². The summed E-state index contributed by atoms with van der Waals surface area (Å²) >= 11 is 0. The Morgan fingerprint density at radius 2 is 1.64 bits per heavy atom. The van der Waals surface area contributed by atoms with E-state index in [1.54, 1.807) is 12.1 Å². The van der Waals surface area contributed by atoms with Crippen molar-refractivity contribution in [1.82, 2.24) is 4.90 Å². The van der Waals surface area contributed by atoms with Gasteiger partial charge in [0.1, 0.15) is 5.76 Å². The van der Waals surface area contributed by atoms with Crippen LogP contribution >= 0.6 is 0 Å². The van der Waals surface area contributed by atoms with E-state index in [1.165, 1.54) is 29.2 Å². The number of carboxylic acid groups (broad SMARTS) is 1. The molecule has 0 spiro atoms. The van der Waals surface area contributed by atoms with Gasteiger partial charge in [0.25, 0.3) is 17.4 Å². The minimum atomic E-state index is -0.891. The minimum Gasteiger partial charge on any atom is -0.507 e. The maximum Gasteiger partial charge on any atom is 0.303 e. The molecule has 0 bridgehead atoms. The number of amides is 1. The number of carbonyl (C=O) groups excluding carboxylic acids is 2. The number of benzene rings is 2. The minimum absolute atomic E-state index is 0.0281. The molecule has 1 aliphatic heterocycles. The number of hydrogen-bond acceptors (Lipinski definition) is 6. The SMILES string of the molecule is Cc1ccc(C2/C(=C(\O)c3ccc([N+](=O)[O-])cc3)C(=O)C(=O)N2CCCCCC(=O)O)cc1. The van der Waals surface area contributed by atoms with Crippen LogP contribution in [0.1, 0.15) is 48.4 Å². The molecule has 1 unspecified atom stereocenters. The number of carbonyl (C=O) groups is 3. The molecule has 1 fully saturated rings. The number of non-ortho nitro benzene ring substituents is 1. The average Bonchev–Trinajstić information content (AvgIpc) is 3.03. The van der Waals surface area contributed by atoms with E-state index in [0.717, 1.165) is 5.56 Å². The number of carboxylic acids is 1. The van der Waals surface area contributed by atoms with Crippen LogP contribution in [-0.2, 0) is 14.4 Å². The third-order valence-electron chi connectivity index (χ3n) is 5.57. The van der Waals surface area contributed by atoms with Crippen molar-refractivity contribution in [2.75, 3.05) is 6.54 Å². The Labute approximate surface area is 190 Å². The molecule has 33 heavy (non-hydrogen) atoms. The van der Waals surface area contributed by atoms with Crippen LogP contribution in [0.25, 0.3) is 5.76 Å². The van der Waals surface area contributed by atoms with E-state index in [0.29, 0.717) is 24.8 Å². The number of Topliss-reactive ketones (excluding diaryl/α,β-unsaturated/α-hetero) is 1. The Balaban J connectivity index is 1.97. The largest absolute Gasteiger partial charge is 0.507 e. The molecule has 172 valence electrons. The predicted octanol–water partition coefficient (Wildman–Crippen LogP) is 3.97. The van der Waals surface area contributed by atoms with E-state index in [-0.39, 0.29) is 29.8 Å². The molecule has 2 aromatic rings. The molecule has 2 N–H and O–H groups in total. The van der Waals surface area contributed by atoms with Crippen molar-refractivity contribution >= 4 is 29.1 Å². The predicted molar refractivity (Wildman–Crippen MR) is 119 cm³/mol. The first-order valence-corrected chi connectivity index (χ1v) is 10.5. The highest BCUT2D eigenvalue weighted by Crippen LogP contribution is 2.39. The van der Waals surface area contributed by atoms with Crippen molar-refractivity contribution in [3.05, 3.63) is 80.9 Å². The lowest BCUT2D eigenvalue weighted by molar-refractivity contribution is -0.384. The topological polar surface area (TPSA) is 138 Å². The second-order valence-electron chi connectivity index (χ2n) is 7.91. The molecular formula is C24H24N2O7. The monoisotopic (exact) mass is 452 g/mol. The van der Waals surface area contributed by atoms with Crippen LogP contribution in [0.15, 0.2) is 54.1 Å². The number of aliphatic hydroxyl groups is 1. The second-order valence-corrected chi connectivity index (χ2v) is 7.91. The number of ketones is 1. The normalized spacial score (nSPS) is 17.4. The van der Waals surface area contributed by atoms with Crippen LogP contribution in [0, 0.1) is 17.0 Å². The fourth-order valence-corrected chi connectivity index (χ4v) is 3.84. The van der Waals surface area contributed by atoms with Crippen molar-refractivity contribution in [3.8, 4) is 0 Å². The third-order valence-corrected chi connectivity index (χ3v) is 5.57. The molecule has 9 heteroatoms. The Bertz CT molecular complexity index is 1100. The number of aryl methyl sites for hydroxylation is 1. The van der Waals surface area contributed by atoms with Crippen LogP contribution in [0.3, 0.4) is 0 Å². The number of aliphatic hydroxyl groups excluding tert-OH is 1. The van der Waals surface area contributed by atoms with Crippen molar-refractivity contribution in [2.24, 2.45) is 0 Å². The summed E-state index contributed by atoms with van der Waals surface area (Å²) in [5.41, 5.74) is 1.58. The van der Waals surface area contributed by atoms with Gasteiger partial charge in [-0.2, -0.15) is 0 Å². The molecule has 0 aliphatic carbocycles. The van der Waals surface area contributed by atoms with E-state index >= 15 is 0 Å². The van der Waals surface area contributed by atoms with Crippen molar-refractivity contribution < 1.29 is 29.5 Å². The average molecular weight is 452 g/mol. The molecule has 3 rings (SSSR count). The molecule has 1 atom stereocenters. The molecule has 0 radical (unpaired) electrons. The fraction of sp³-hybridized carbons (Fsp3) is 0.292. The molecule has 2 aromatic carbocycles. The number of aliphatic carboxylic acids is 1. The van der Waals surface area contributed by atoms with E-state index < -0.39 is 34.4 Å². The zero-order valence-electron chi connectivity index (χ0n) is 18.1. The lowest BCUT2D eigenvalue weighted by Crippen LogP contribution is -2.30. The number of rotatable bonds is 9. The van der Waals surface area contributed by atoms with Gasteiger partial charge in [-0.1, -0.05) is 36.2 Å². The summed E-state index contributed by atoms with van der Waals surface area (Å²) in [5.74, 6) is -2.87. The van der Waals surface area contributed by atoms with E-state index in [4.69, 9.17) is 5.11 Å². The molecule has 1 aliphatic rings. The zero-order valence-corrected chi connectivity index (χ0v) is 18.1. The summed E-state index contributed by atoms with van der Waals surface area (Å²) in [7, 11) is 0. The van der Waals surface area contributed by atoms with Crippen LogP contribution in [0.2, 0.25) is 0 Å². The Morgan fingerprint density at radius 1 is 1.00 bits per heavy atom. The third kappa shape index (κ3) is 5.25. The van der Waals surface area contributed by atoms with Gasteiger partial charge < -0.3 is 15.1 Å². The molecule has 1 amide bonds. The van der Waals surface area contributed by atoms with Crippen molar-refractivity contribution in [2.45, 2.75) is 38.6 Å². The number of likely N-dealkylation sites (tertiary alicyclic amines) is 1. The Morgan fingerprint density at radius 3 is 2.21 bits per heavy atom. The summed E-state index contributed by atoms with van der Waals surface area (Å²) in [4.78, 5) is 48.3.